The third-order valence-corrected chi connectivity index (χ3v) is 2.98. The lowest BCUT2D eigenvalue weighted by molar-refractivity contribution is -0.150. The Labute approximate surface area is 115 Å². The number of aliphatic hydroxyl groups is 1. The third-order valence-electron chi connectivity index (χ3n) is 2.98. The summed E-state index contributed by atoms with van der Waals surface area (Å²) < 4.78 is 19.4. The highest BCUT2D eigenvalue weighted by molar-refractivity contribution is 5.66. The van der Waals surface area contributed by atoms with Gasteiger partial charge in [-0.05, 0) is 6.92 Å². The van der Waals surface area contributed by atoms with Gasteiger partial charge in [-0.15, -0.1) is 0 Å². The first-order chi connectivity index (χ1) is 9.76. The minimum absolute atomic E-state index is 0.0228. The van der Waals surface area contributed by atoms with Crippen molar-refractivity contribution in [3.63, 3.8) is 0 Å². The standard InChI is InChI=1S/C12H16N2O6/c1-6-4-14(12(18)13-11(6)17)10-3-8(19-7(2)16)9(5-15)20-10/h4,8-10,15H,3,5H2,1-2H3,(H,13,17,18)/t8-,9+,10+/m0/s1/i9D. The predicted octanol–water partition coefficient (Wildman–Crippen LogP) is -0.943. The molecule has 0 saturated carbocycles. The van der Waals surface area contributed by atoms with Crippen molar-refractivity contribution in [1.29, 1.82) is 0 Å². The van der Waals surface area contributed by atoms with Gasteiger partial charge in [-0.25, -0.2) is 4.79 Å². The van der Waals surface area contributed by atoms with Gasteiger partial charge in [0.15, 0.2) is 0 Å². The minimum atomic E-state index is -1.85. The maximum atomic E-state index is 11.8. The average molecular weight is 285 g/mol. The zero-order valence-electron chi connectivity index (χ0n) is 12.1. The van der Waals surface area contributed by atoms with Crippen molar-refractivity contribution in [1.82, 2.24) is 9.55 Å². The number of carbonyl (C=O) groups is 1. The summed E-state index contributed by atoms with van der Waals surface area (Å²) >= 11 is 0. The second-order valence-corrected chi connectivity index (χ2v) is 4.51. The molecule has 0 unspecified atom stereocenters. The number of aliphatic hydroxyl groups excluding tert-OH is 1. The van der Waals surface area contributed by atoms with E-state index >= 15 is 0 Å². The monoisotopic (exact) mass is 285 g/mol. The van der Waals surface area contributed by atoms with E-state index in [4.69, 9.17) is 10.8 Å². The number of hydrogen-bond donors (Lipinski definition) is 2. The summed E-state index contributed by atoms with van der Waals surface area (Å²) in [6.45, 7) is 2.01. The van der Waals surface area contributed by atoms with Gasteiger partial charge in [-0.1, -0.05) is 0 Å². The molecule has 1 fully saturated rings. The maximum Gasteiger partial charge on any atom is 0.330 e. The number of nitrogens with one attached hydrogen (secondary N) is 1. The Kier molecular flexibility index (Phi) is 3.66. The summed E-state index contributed by atoms with van der Waals surface area (Å²) in [6.07, 6.45) is -2.44. The number of rotatable bonds is 3. The van der Waals surface area contributed by atoms with E-state index in [1.165, 1.54) is 20.0 Å². The van der Waals surface area contributed by atoms with Gasteiger partial charge in [-0.2, -0.15) is 0 Å². The number of H-pyrrole nitrogens is 1. The first-order valence-corrected chi connectivity index (χ1v) is 6.05. The van der Waals surface area contributed by atoms with Gasteiger partial charge in [0.2, 0.25) is 0 Å². The fraction of sp³-hybridized carbons (Fsp3) is 0.583. The van der Waals surface area contributed by atoms with Crippen LogP contribution in [0, 0.1) is 6.92 Å². The van der Waals surface area contributed by atoms with E-state index in [1.54, 1.807) is 0 Å². The van der Waals surface area contributed by atoms with Crippen LogP contribution < -0.4 is 11.2 Å². The van der Waals surface area contributed by atoms with Crippen molar-refractivity contribution in [2.24, 2.45) is 0 Å². The van der Waals surface area contributed by atoms with E-state index in [-0.39, 0.29) is 6.42 Å². The summed E-state index contributed by atoms with van der Waals surface area (Å²) in [5.74, 6) is -0.612. The van der Waals surface area contributed by atoms with Crippen LogP contribution in [-0.2, 0) is 14.3 Å². The number of hydrogen-bond acceptors (Lipinski definition) is 6. The van der Waals surface area contributed by atoms with Crippen LogP contribution in [0.4, 0.5) is 0 Å². The van der Waals surface area contributed by atoms with Crippen molar-refractivity contribution in [2.45, 2.75) is 38.7 Å². The molecule has 0 aliphatic carbocycles. The average Bonchev–Trinajstić information content (AvgIpc) is 2.71. The summed E-state index contributed by atoms with van der Waals surface area (Å²) in [5.41, 5.74) is -0.904. The van der Waals surface area contributed by atoms with Crippen LogP contribution in [0.3, 0.4) is 0 Å². The second-order valence-electron chi connectivity index (χ2n) is 4.51. The fourth-order valence-corrected chi connectivity index (χ4v) is 2.04. The molecule has 1 aliphatic rings. The Hall–Kier alpha value is -1.93. The van der Waals surface area contributed by atoms with Gasteiger partial charge in [0.25, 0.3) is 5.56 Å². The molecule has 2 heterocycles. The van der Waals surface area contributed by atoms with Crippen molar-refractivity contribution >= 4 is 5.97 Å². The number of aryl methyl sites for hydroxylation is 1. The summed E-state index contributed by atoms with van der Waals surface area (Å²) in [7, 11) is 0. The topological polar surface area (TPSA) is 111 Å². The van der Waals surface area contributed by atoms with E-state index in [1.807, 2.05) is 0 Å². The molecule has 0 spiro atoms. The Balaban J connectivity index is 2.35. The highest BCUT2D eigenvalue weighted by atomic mass is 16.6. The van der Waals surface area contributed by atoms with Crippen molar-refractivity contribution in [2.75, 3.05) is 6.61 Å². The molecule has 2 N–H and O–H groups in total. The van der Waals surface area contributed by atoms with Gasteiger partial charge in [0.05, 0.1) is 7.98 Å². The molecule has 0 amide bonds. The number of esters is 1. The van der Waals surface area contributed by atoms with E-state index in [2.05, 4.69) is 4.98 Å². The largest absolute Gasteiger partial charge is 0.460 e. The molecule has 2 rings (SSSR count). The van der Waals surface area contributed by atoms with Gasteiger partial charge in [0.1, 0.15) is 18.4 Å². The van der Waals surface area contributed by atoms with Crippen molar-refractivity contribution < 1.29 is 20.7 Å². The van der Waals surface area contributed by atoms with Crippen LogP contribution in [0.15, 0.2) is 15.8 Å². The lowest BCUT2D eigenvalue weighted by atomic mass is 10.2. The Morgan fingerprint density at radius 1 is 1.70 bits per heavy atom. The first-order valence-electron chi connectivity index (χ1n) is 6.55. The molecule has 3 atom stereocenters. The zero-order chi connectivity index (χ0) is 15.8. The number of ether oxygens (including phenoxy) is 2. The van der Waals surface area contributed by atoms with Crippen LogP contribution in [-0.4, -0.2) is 39.4 Å². The smallest absolute Gasteiger partial charge is 0.330 e. The molecular weight excluding hydrogens is 268 g/mol. The van der Waals surface area contributed by atoms with Gasteiger partial charge in [-0.3, -0.25) is 19.1 Å². The van der Waals surface area contributed by atoms with Gasteiger partial charge in [0, 0.05) is 25.1 Å². The second kappa shape index (κ2) is 5.59. The normalized spacial score (nSPS) is 30.1. The quantitative estimate of drug-likeness (QED) is 0.693. The van der Waals surface area contributed by atoms with Gasteiger partial charge < -0.3 is 14.6 Å². The molecule has 20 heavy (non-hydrogen) atoms. The van der Waals surface area contributed by atoms with Crippen LogP contribution in [0.5, 0.6) is 0 Å². The summed E-state index contributed by atoms with van der Waals surface area (Å²) in [5, 5.41) is 9.29. The highest BCUT2D eigenvalue weighted by Gasteiger charge is 2.38. The fourth-order valence-electron chi connectivity index (χ4n) is 2.04. The van der Waals surface area contributed by atoms with Crippen LogP contribution in [0.25, 0.3) is 0 Å². The zero-order valence-corrected chi connectivity index (χ0v) is 11.1. The van der Waals surface area contributed by atoms with E-state index < -0.39 is 42.2 Å². The predicted molar refractivity (Wildman–Crippen MR) is 67.2 cm³/mol. The number of aromatic nitrogens is 2. The van der Waals surface area contributed by atoms with Crippen molar-refractivity contribution in [3.8, 4) is 0 Å². The molecule has 8 nitrogen and oxygen atoms in total. The molecule has 1 aromatic heterocycles. The van der Waals surface area contributed by atoms with Crippen LogP contribution in [0.1, 0.15) is 26.5 Å². The Morgan fingerprint density at radius 3 is 3.00 bits per heavy atom. The first kappa shape index (κ1) is 13.1. The SMILES string of the molecule is [2H][C@]1(CO)O[C@@H](n2cc(C)c(=O)[nH]c2=O)C[C@@H]1OC(C)=O. The van der Waals surface area contributed by atoms with E-state index in [0.29, 0.717) is 5.56 Å². The molecule has 1 aliphatic heterocycles. The minimum Gasteiger partial charge on any atom is -0.460 e. The molecule has 0 radical (unpaired) electrons. The summed E-state index contributed by atoms with van der Waals surface area (Å²) in [6, 6.07) is 0. The number of nitrogens with zero attached hydrogens (tertiary/aromatic N) is 1. The lowest BCUT2D eigenvalue weighted by Gasteiger charge is -2.15. The Morgan fingerprint density at radius 2 is 2.40 bits per heavy atom. The van der Waals surface area contributed by atoms with Crippen LogP contribution >= 0.6 is 0 Å². The lowest BCUT2D eigenvalue weighted by Crippen LogP contribution is -2.33. The molecule has 0 bridgehead atoms. The maximum absolute atomic E-state index is 11.8. The van der Waals surface area contributed by atoms with Crippen molar-refractivity contribution in [3.05, 3.63) is 32.6 Å². The Bertz CT molecular complexity index is 668. The molecule has 1 saturated heterocycles. The number of aromatic amines is 1. The molecule has 110 valence electrons. The molecule has 8 heteroatoms. The molecular formula is C12H16N2O6. The van der Waals surface area contributed by atoms with Gasteiger partial charge >= 0.3 is 11.7 Å². The molecule has 1 aromatic rings. The van der Waals surface area contributed by atoms with Crippen LogP contribution in [0.2, 0.25) is 0 Å². The number of carbonyl (C=O) groups excluding carboxylic acids is 1. The van der Waals surface area contributed by atoms with E-state index in [0.717, 1.165) is 4.57 Å². The highest BCUT2D eigenvalue weighted by Crippen LogP contribution is 2.29. The summed E-state index contributed by atoms with van der Waals surface area (Å²) in [4.78, 5) is 36.3. The molecule has 0 aromatic carbocycles. The van der Waals surface area contributed by atoms with E-state index in [9.17, 15) is 19.5 Å². The third kappa shape index (κ3) is 2.81.